The summed E-state index contributed by atoms with van der Waals surface area (Å²) in [5.41, 5.74) is 0.998. The van der Waals surface area contributed by atoms with Crippen LogP contribution < -0.4 is 5.32 Å². The summed E-state index contributed by atoms with van der Waals surface area (Å²) in [6, 6.07) is 1.93. The first-order valence-corrected chi connectivity index (χ1v) is 6.74. The van der Waals surface area contributed by atoms with Crippen LogP contribution in [-0.2, 0) is 0 Å². The Morgan fingerprint density at radius 3 is 3.20 bits per heavy atom. The number of pyridine rings is 1. The molecule has 1 unspecified atom stereocenters. The van der Waals surface area contributed by atoms with Crippen molar-refractivity contribution in [2.75, 3.05) is 17.6 Å². The number of halogens is 1. The maximum atomic E-state index is 6.01. The molecule has 4 heteroatoms. The number of rotatable bonds is 3. The molecular weight excluding hydrogens is 228 g/mol. The molecular formula is C11H15ClN2S. The molecule has 1 aliphatic rings. The Labute approximate surface area is 99.8 Å². The van der Waals surface area contributed by atoms with Gasteiger partial charge in [0.15, 0.2) is 0 Å². The van der Waals surface area contributed by atoms with E-state index in [-0.39, 0.29) is 0 Å². The van der Waals surface area contributed by atoms with Gasteiger partial charge in [0, 0.05) is 24.2 Å². The van der Waals surface area contributed by atoms with Crippen LogP contribution in [0.3, 0.4) is 0 Å². The van der Waals surface area contributed by atoms with Gasteiger partial charge in [-0.25, -0.2) is 0 Å². The van der Waals surface area contributed by atoms with Crippen LogP contribution in [0.1, 0.15) is 19.3 Å². The fourth-order valence-corrected chi connectivity index (χ4v) is 3.14. The zero-order valence-corrected chi connectivity index (χ0v) is 10.2. The fourth-order valence-electron chi connectivity index (χ4n) is 1.71. The molecule has 0 bridgehead atoms. The minimum atomic E-state index is 0.707. The summed E-state index contributed by atoms with van der Waals surface area (Å²) >= 11 is 8.08. The van der Waals surface area contributed by atoms with Gasteiger partial charge in [0.25, 0.3) is 0 Å². The Morgan fingerprint density at radius 2 is 2.47 bits per heavy atom. The quantitative estimate of drug-likeness (QED) is 0.879. The Balaban J connectivity index is 1.84. The maximum absolute atomic E-state index is 6.01. The van der Waals surface area contributed by atoms with Crippen molar-refractivity contribution >= 4 is 29.1 Å². The highest BCUT2D eigenvalue weighted by atomic mass is 35.5. The first-order valence-electron chi connectivity index (χ1n) is 5.31. The van der Waals surface area contributed by atoms with Crippen molar-refractivity contribution in [1.29, 1.82) is 0 Å². The number of nitrogens with zero attached hydrogens (tertiary/aromatic N) is 1. The smallest absolute Gasteiger partial charge is 0.0820 e. The van der Waals surface area contributed by atoms with E-state index in [1.807, 2.05) is 6.07 Å². The van der Waals surface area contributed by atoms with E-state index >= 15 is 0 Å². The van der Waals surface area contributed by atoms with E-state index in [1.54, 1.807) is 12.4 Å². The molecule has 0 radical (unpaired) electrons. The minimum Gasteiger partial charge on any atom is -0.383 e. The molecule has 0 spiro atoms. The van der Waals surface area contributed by atoms with Gasteiger partial charge < -0.3 is 5.32 Å². The lowest BCUT2D eigenvalue weighted by atomic mass is 10.2. The largest absolute Gasteiger partial charge is 0.383 e. The number of aromatic nitrogens is 1. The standard InChI is InChI=1S/C11H15ClN2S/c12-10-8-13-5-4-11(10)14-7-9-3-1-2-6-15-9/h4-5,8-9H,1-3,6-7H2,(H,13,14). The van der Waals surface area contributed by atoms with Crippen molar-refractivity contribution in [1.82, 2.24) is 4.98 Å². The van der Waals surface area contributed by atoms with Crippen LogP contribution in [0.5, 0.6) is 0 Å². The predicted octanol–water partition coefficient (Wildman–Crippen LogP) is 3.43. The van der Waals surface area contributed by atoms with Gasteiger partial charge in [-0.15, -0.1) is 0 Å². The van der Waals surface area contributed by atoms with Crippen LogP contribution >= 0.6 is 23.4 Å². The van der Waals surface area contributed by atoms with Gasteiger partial charge in [0.05, 0.1) is 10.7 Å². The molecule has 2 rings (SSSR count). The molecule has 2 nitrogen and oxygen atoms in total. The monoisotopic (exact) mass is 242 g/mol. The molecule has 0 aromatic carbocycles. The number of thioether (sulfide) groups is 1. The Morgan fingerprint density at radius 1 is 1.53 bits per heavy atom. The molecule has 1 saturated heterocycles. The van der Waals surface area contributed by atoms with Crippen molar-refractivity contribution < 1.29 is 0 Å². The van der Waals surface area contributed by atoms with E-state index in [4.69, 9.17) is 11.6 Å². The Hall–Kier alpha value is -0.410. The summed E-state index contributed by atoms with van der Waals surface area (Å²) in [7, 11) is 0. The van der Waals surface area contributed by atoms with E-state index in [1.165, 1.54) is 25.0 Å². The van der Waals surface area contributed by atoms with E-state index in [2.05, 4.69) is 22.1 Å². The summed E-state index contributed by atoms with van der Waals surface area (Å²) < 4.78 is 0. The molecule has 1 aromatic rings. The number of anilines is 1. The molecule has 2 heterocycles. The van der Waals surface area contributed by atoms with Gasteiger partial charge >= 0.3 is 0 Å². The number of nitrogens with one attached hydrogen (secondary N) is 1. The molecule has 1 fully saturated rings. The van der Waals surface area contributed by atoms with Crippen molar-refractivity contribution in [3.63, 3.8) is 0 Å². The molecule has 0 amide bonds. The van der Waals surface area contributed by atoms with Crippen LogP contribution in [0.15, 0.2) is 18.5 Å². The van der Waals surface area contributed by atoms with Crippen LogP contribution in [0, 0.1) is 0 Å². The van der Waals surface area contributed by atoms with Crippen LogP contribution in [-0.4, -0.2) is 22.5 Å². The molecule has 1 aliphatic heterocycles. The first kappa shape index (κ1) is 11.1. The predicted molar refractivity (Wildman–Crippen MR) is 67.8 cm³/mol. The van der Waals surface area contributed by atoms with Gasteiger partial charge in [-0.05, 0) is 24.7 Å². The van der Waals surface area contributed by atoms with Gasteiger partial charge in [0.1, 0.15) is 0 Å². The second-order valence-electron chi connectivity index (χ2n) is 3.73. The van der Waals surface area contributed by atoms with E-state index < -0.39 is 0 Å². The molecule has 0 aliphatic carbocycles. The zero-order chi connectivity index (χ0) is 10.5. The average molecular weight is 243 g/mol. The summed E-state index contributed by atoms with van der Waals surface area (Å²) in [5, 5.41) is 4.84. The lowest BCUT2D eigenvalue weighted by Gasteiger charge is -2.22. The normalized spacial score (nSPS) is 21.3. The van der Waals surface area contributed by atoms with Crippen molar-refractivity contribution in [2.45, 2.75) is 24.5 Å². The molecule has 82 valence electrons. The second kappa shape index (κ2) is 5.61. The van der Waals surface area contributed by atoms with Crippen LogP contribution in [0.25, 0.3) is 0 Å². The molecule has 15 heavy (non-hydrogen) atoms. The summed E-state index contributed by atoms with van der Waals surface area (Å²) in [6.45, 7) is 1.01. The summed E-state index contributed by atoms with van der Waals surface area (Å²) in [4.78, 5) is 3.96. The minimum absolute atomic E-state index is 0.707. The number of hydrogen-bond donors (Lipinski definition) is 1. The van der Waals surface area contributed by atoms with E-state index in [9.17, 15) is 0 Å². The van der Waals surface area contributed by atoms with Crippen molar-refractivity contribution in [3.8, 4) is 0 Å². The third-order valence-electron chi connectivity index (χ3n) is 2.57. The van der Waals surface area contributed by atoms with Gasteiger partial charge in [-0.2, -0.15) is 11.8 Å². The lowest BCUT2D eigenvalue weighted by molar-refractivity contribution is 0.677. The molecule has 1 N–H and O–H groups in total. The van der Waals surface area contributed by atoms with Gasteiger partial charge in [-0.3, -0.25) is 4.98 Å². The average Bonchev–Trinajstić information content (AvgIpc) is 2.29. The zero-order valence-electron chi connectivity index (χ0n) is 8.58. The highest BCUT2D eigenvalue weighted by molar-refractivity contribution is 7.99. The summed E-state index contributed by atoms with van der Waals surface area (Å²) in [6.07, 6.45) is 7.50. The summed E-state index contributed by atoms with van der Waals surface area (Å²) in [5.74, 6) is 1.30. The van der Waals surface area contributed by atoms with Crippen molar-refractivity contribution in [3.05, 3.63) is 23.5 Å². The van der Waals surface area contributed by atoms with E-state index in [0.717, 1.165) is 17.5 Å². The topological polar surface area (TPSA) is 24.9 Å². The van der Waals surface area contributed by atoms with Crippen LogP contribution in [0.4, 0.5) is 5.69 Å². The molecule has 1 atom stereocenters. The van der Waals surface area contributed by atoms with Crippen LogP contribution in [0.2, 0.25) is 5.02 Å². The van der Waals surface area contributed by atoms with E-state index in [0.29, 0.717) is 5.02 Å². The second-order valence-corrected chi connectivity index (χ2v) is 5.54. The third-order valence-corrected chi connectivity index (χ3v) is 4.27. The van der Waals surface area contributed by atoms with Gasteiger partial charge in [-0.1, -0.05) is 18.0 Å². The SMILES string of the molecule is Clc1cnccc1NCC1CCCCS1. The highest BCUT2D eigenvalue weighted by Gasteiger charge is 2.13. The first-order chi connectivity index (χ1) is 7.36. The lowest BCUT2D eigenvalue weighted by Crippen LogP contribution is -2.20. The molecule has 1 aromatic heterocycles. The third kappa shape index (κ3) is 3.28. The molecule has 0 saturated carbocycles. The fraction of sp³-hybridized carbons (Fsp3) is 0.545. The van der Waals surface area contributed by atoms with Gasteiger partial charge in [0.2, 0.25) is 0 Å². The Bertz CT molecular complexity index is 313. The maximum Gasteiger partial charge on any atom is 0.0820 e. The Kier molecular flexibility index (Phi) is 4.15. The van der Waals surface area contributed by atoms with Crippen molar-refractivity contribution in [2.24, 2.45) is 0 Å². The number of hydrogen-bond acceptors (Lipinski definition) is 3. The highest BCUT2D eigenvalue weighted by Crippen LogP contribution is 2.26.